The van der Waals surface area contributed by atoms with Crippen LogP contribution < -0.4 is 27.0 Å². The first-order valence-corrected chi connectivity index (χ1v) is 20.1. The van der Waals surface area contributed by atoms with Crippen molar-refractivity contribution >= 4 is 64.9 Å². The van der Waals surface area contributed by atoms with E-state index in [1.54, 1.807) is 65.7 Å². The smallest absolute Gasteiger partial charge is 0.407 e. The van der Waals surface area contributed by atoms with Crippen LogP contribution in [0.4, 0.5) is 4.79 Å². The molecule has 14 nitrogen and oxygen atoms in total. The van der Waals surface area contributed by atoms with Crippen LogP contribution in [0.15, 0.2) is 30.3 Å². The van der Waals surface area contributed by atoms with E-state index < -0.39 is 70.3 Å². The van der Waals surface area contributed by atoms with Crippen molar-refractivity contribution in [2.45, 2.75) is 100 Å². The van der Waals surface area contributed by atoms with E-state index in [4.69, 9.17) is 10.5 Å². The van der Waals surface area contributed by atoms with Gasteiger partial charge in [0.1, 0.15) is 18.1 Å². The van der Waals surface area contributed by atoms with E-state index in [-0.39, 0.29) is 30.8 Å². The number of carbonyl (C=O) groups is 7. The number of benzene rings is 1. The maximum Gasteiger partial charge on any atom is 0.407 e. The summed E-state index contributed by atoms with van der Waals surface area (Å²) in [7, 11) is 0. The summed E-state index contributed by atoms with van der Waals surface area (Å²) in [5.74, 6) is -2.90. The molecule has 2 aliphatic heterocycles. The minimum atomic E-state index is -1.22. The SMILES string of the molecule is CCCC(NC(=O)[C@H]1N(C(=O)[C@@H](NC(=O)OCC(C)C)C2CCCCC2)CCC12SCCS2)C(=O)C(=O)NCC(=O)N[C@H](C(N)=O)c1ccccc1. The van der Waals surface area contributed by atoms with Gasteiger partial charge in [-0.25, -0.2) is 4.79 Å². The average molecular weight is 761 g/mol. The van der Waals surface area contributed by atoms with Crippen molar-refractivity contribution in [3.05, 3.63) is 35.9 Å². The van der Waals surface area contributed by atoms with Gasteiger partial charge >= 0.3 is 6.09 Å². The fourth-order valence-electron chi connectivity index (χ4n) is 6.96. The molecule has 4 atom stereocenters. The lowest BCUT2D eigenvalue weighted by molar-refractivity contribution is -0.143. The van der Waals surface area contributed by atoms with Gasteiger partial charge in [0.05, 0.1) is 23.3 Å². The number of carbonyl (C=O) groups excluding carboxylic acids is 7. The Bertz CT molecular complexity index is 1450. The van der Waals surface area contributed by atoms with Gasteiger partial charge in [-0.15, -0.1) is 23.5 Å². The highest BCUT2D eigenvalue weighted by molar-refractivity contribution is 8.21. The lowest BCUT2D eigenvalue weighted by Gasteiger charge is -2.37. The predicted octanol–water partition coefficient (Wildman–Crippen LogP) is 2.41. The first kappa shape index (κ1) is 41.0. The standard InChI is InChI=1S/C36H52N6O8S2/c1-4-11-25(29(44)32(46)38-20-26(43)40-27(31(37)45)23-12-7-5-8-13-23)39-33(47)30-36(51-18-19-52-36)16-17-42(30)34(48)28(24-14-9-6-10-15-24)41-35(49)50-21-22(2)3/h5,7-8,12-13,22,24-25,27-28,30H,4,6,9-11,14-21H2,1-3H3,(H2,37,45)(H,38,46)(H,39,47)(H,40,43)(H,41,49)/t25?,27-,28-,30+/m0/s1. The number of rotatable bonds is 16. The fourth-order valence-corrected chi connectivity index (χ4v) is 10.4. The van der Waals surface area contributed by atoms with Crippen LogP contribution in [0.3, 0.4) is 0 Å². The van der Waals surface area contributed by atoms with Gasteiger partial charge < -0.3 is 36.6 Å². The molecular weight excluding hydrogens is 709 g/mol. The number of nitrogens with zero attached hydrogens (tertiary/aromatic N) is 1. The van der Waals surface area contributed by atoms with Gasteiger partial charge in [-0.2, -0.15) is 0 Å². The van der Waals surface area contributed by atoms with Gasteiger partial charge in [0.15, 0.2) is 0 Å². The Morgan fingerprint density at radius 2 is 1.63 bits per heavy atom. The van der Waals surface area contributed by atoms with Crippen LogP contribution >= 0.6 is 23.5 Å². The highest BCUT2D eigenvalue weighted by Gasteiger charge is 2.57. The van der Waals surface area contributed by atoms with Gasteiger partial charge in [-0.1, -0.05) is 76.8 Å². The molecule has 3 fully saturated rings. The second kappa shape index (κ2) is 19.3. The number of amides is 6. The normalized spacial score (nSPS) is 20.1. The molecule has 1 spiro atoms. The summed E-state index contributed by atoms with van der Waals surface area (Å²) in [5, 5.41) is 10.4. The van der Waals surface area contributed by atoms with E-state index in [2.05, 4.69) is 21.3 Å². The molecule has 2 saturated heterocycles. The molecule has 286 valence electrons. The number of ether oxygens (including phenoxy) is 1. The molecule has 1 saturated carbocycles. The summed E-state index contributed by atoms with van der Waals surface area (Å²) >= 11 is 3.22. The highest BCUT2D eigenvalue weighted by atomic mass is 32.2. The van der Waals surface area contributed by atoms with Crippen molar-refractivity contribution in [1.29, 1.82) is 0 Å². The third-order valence-electron chi connectivity index (χ3n) is 9.51. The van der Waals surface area contributed by atoms with E-state index in [0.717, 1.165) is 43.6 Å². The van der Waals surface area contributed by atoms with Gasteiger partial charge in [-0.05, 0) is 43.1 Å². The zero-order valence-electron chi connectivity index (χ0n) is 30.2. The van der Waals surface area contributed by atoms with Crippen molar-refractivity contribution in [3.63, 3.8) is 0 Å². The number of nitrogens with two attached hydrogens (primary N) is 1. The maximum atomic E-state index is 14.4. The second-order valence-corrected chi connectivity index (χ2v) is 17.0. The molecule has 3 aliphatic rings. The number of Topliss-reactive ketones (excluding diaryl/α,β-unsaturated/α-hetero) is 1. The molecule has 6 amide bonds. The summed E-state index contributed by atoms with van der Waals surface area (Å²) in [6.07, 6.45) is 4.90. The van der Waals surface area contributed by atoms with Crippen LogP contribution in [0, 0.1) is 11.8 Å². The lowest BCUT2D eigenvalue weighted by atomic mass is 9.83. The first-order valence-electron chi connectivity index (χ1n) is 18.1. The molecule has 4 rings (SSSR count). The van der Waals surface area contributed by atoms with Gasteiger partial charge in [0.2, 0.25) is 29.4 Å². The molecule has 0 radical (unpaired) electrons. The van der Waals surface area contributed by atoms with Crippen LogP contribution in [0.1, 0.15) is 83.7 Å². The Hall–Kier alpha value is -3.79. The topological polar surface area (TPSA) is 206 Å². The minimum absolute atomic E-state index is 0.113. The summed E-state index contributed by atoms with van der Waals surface area (Å²) in [6.45, 7) is 5.54. The number of hydrogen-bond donors (Lipinski definition) is 5. The highest BCUT2D eigenvalue weighted by Crippen LogP contribution is 2.54. The maximum absolute atomic E-state index is 14.4. The average Bonchev–Trinajstić information content (AvgIpc) is 3.77. The Labute approximate surface area is 313 Å². The van der Waals surface area contributed by atoms with Crippen LogP contribution in [0.2, 0.25) is 0 Å². The molecule has 16 heteroatoms. The van der Waals surface area contributed by atoms with Crippen molar-refractivity contribution in [2.75, 3.05) is 31.2 Å². The fraction of sp³-hybridized carbons (Fsp3) is 0.639. The Balaban J connectivity index is 1.47. The van der Waals surface area contributed by atoms with Gasteiger partial charge in [-0.3, -0.25) is 28.8 Å². The number of nitrogens with one attached hydrogen (secondary N) is 4. The number of primary amides is 1. The Morgan fingerprint density at radius 3 is 2.25 bits per heavy atom. The summed E-state index contributed by atoms with van der Waals surface area (Å²) in [5.41, 5.74) is 5.93. The molecule has 6 N–H and O–H groups in total. The van der Waals surface area contributed by atoms with Gasteiger partial charge in [0.25, 0.3) is 5.91 Å². The molecule has 2 heterocycles. The lowest BCUT2D eigenvalue weighted by Crippen LogP contribution is -2.61. The number of ketones is 1. The molecule has 0 bridgehead atoms. The number of likely N-dealkylation sites (tertiary alicyclic amines) is 1. The van der Waals surface area contributed by atoms with E-state index in [1.165, 1.54) is 0 Å². The quantitative estimate of drug-likeness (QED) is 0.156. The second-order valence-electron chi connectivity index (χ2n) is 13.9. The van der Waals surface area contributed by atoms with E-state index >= 15 is 0 Å². The number of thioether (sulfide) groups is 2. The predicted molar refractivity (Wildman–Crippen MR) is 199 cm³/mol. The van der Waals surface area contributed by atoms with Crippen molar-refractivity contribution in [1.82, 2.24) is 26.2 Å². The Kier molecular flexibility index (Phi) is 15.2. The van der Waals surface area contributed by atoms with E-state index in [1.807, 2.05) is 13.8 Å². The van der Waals surface area contributed by atoms with E-state index in [9.17, 15) is 33.6 Å². The van der Waals surface area contributed by atoms with Crippen molar-refractivity contribution in [2.24, 2.45) is 17.6 Å². The largest absolute Gasteiger partial charge is 0.449 e. The monoisotopic (exact) mass is 760 g/mol. The summed E-state index contributed by atoms with van der Waals surface area (Å²) < 4.78 is 4.74. The number of hydrogen-bond acceptors (Lipinski definition) is 10. The van der Waals surface area contributed by atoms with Crippen molar-refractivity contribution < 1.29 is 38.3 Å². The van der Waals surface area contributed by atoms with Crippen LogP contribution in [0.25, 0.3) is 0 Å². The van der Waals surface area contributed by atoms with E-state index in [0.29, 0.717) is 24.9 Å². The molecule has 52 heavy (non-hydrogen) atoms. The molecule has 1 aliphatic carbocycles. The number of alkyl carbamates (subject to hydrolysis) is 1. The van der Waals surface area contributed by atoms with Crippen molar-refractivity contribution in [3.8, 4) is 0 Å². The molecule has 1 aromatic carbocycles. The molecule has 1 unspecified atom stereocenters. The van der Waals surface area contributed by atoms with Crippen LogP contribution in [-0.2, 0) is 33.5 Å². The van der Waals surface area contributed by atoms with Crippen LogP contribution in [0.5, 0.6) is 0 Å². The first-order chi connectivity index (χ1) is 24.9. The molecule has 1 aromatic rings. The Morgan fingerprint density at radius 1 is 0.962 bits per heavy atom. The zero-order chi connectivity index (χ0) is 37.8. The summed E-state index contributed by atoms with van der Waals surface area (Å²) in [4.78, 5) is 94.3. The van der Waals surface area contributed by atoms with Crippen LogP contribution in [-0.4, -0.2) is 99.7 Å². The zero-order valence-corrected chi connectivity index (χ0v) is 31.8. The molecule has 0 aromatic heterocycles. The molecular formula is C36H52N6O8S2. The third kappa shape index (κ3) is 10.6. The summed E-state index contributed by atoms with van der Waals surface area (Å²) in [6, 6.07) is 4.17. The van der Waals surface area contributed by atoms with Gasteiger partial charge in [0, 0.05) is 18.1 Å². The third-order valence-corrected chi connectivity index (χ3v) is 13.1. The minimum Gasteiger partial charge on any atom is -0.449 e.